The van der Waals surface area contributed by atoms with Gasteiger partial charge in [0.2, 0.25) is 0 Å². The van der Waals surface area contributed by atoms with E-state index in [1.165, 1.54) is 18.0 Å². The Balaban J connectivity index is 1.64. The minimum Gasteiger partial charge on any atom is -0.399 e. The van der Waals surface area contributed by atoms with Crippen molar-refractivity contribution in [1.82, 2.24) is 4.98 Å². The lowest BCUT2D eigenvalue weighted by atomic mass is 10.2. The summed E-state index contributed by atoms with van der Waals surface area (Å²) in [5.41, 5.74) is 7.67. The predicted octanol–water partition coefficient (Wildman–Crippen LogP) is 2.13. The number of anilines is 3. The molecule has 0 bridgehead atoms. The van der Waals surface area contributed by atoms with Crippen molar-refractivity contribution < 1.29 is 4.39 Å². The van der Waals surface area contributed by atoms with Gasteiger partial charge < -0.3 is 15.5 Å². The Morgan fingerprint density at radius 3 is 2.15 bits per heavy atom. The van der Waals surface area contributed by atoms with Gasteiger partial charge in [0.1, 0.15) is 11.6 Å². The second-order valence-electron chi connectivity index (χ2n) is 4.90. The molecule has 0 spiro atoms. The highest BCUT2D eigenvalue weighted by Crippen LogP contribution is 2.20. The van der Waals surface area contributed by atoms with Crippen LogP contribution in [0.25, 0.3) is 0 Å². The molecular formula is C15H17FN4. The normalized spacial score (nSPS) is 15.4. The third-order valence-corrected chi connectivity index (χ3v) is 3.57. The van der Waals surface area contributed by atoms with Crippen molar-refractivity contribution in [2.75, 3.05) is 41.7 Å². The maximum absolute atomic E-state index is 12.9. The van der Waals surface area contributed by atoms with Crippen LogP contribution in [0, 0.1) is 5.82 Å². The zero-order valence-electron chi connectivity index (χ0n) is 11.2. The van der Waals surface area contributed by atoms with E-state index in [2.05, 4.69) is 14.8 Å². The summed E-state index contributed by atoms with van der Waals surface area (Å²) in [6, 6.07) is 11.1. The highest BCUT2D eigenvalue weighted by Gasteiger charge is 2.18. The fourth-order valence-corrected chi connectivity index (χ4v) is 2.43. The van der Waals surface area contributed by atoms with Crippen LogP contribution in [0.4, 0.5) is 21.6 Å². The molecule has 1 aliphatic rings. The van der Waals surface area contributed by atoms with Crippen molar-refractivity contribution in [3.63, 3.8) is 0 Å². The van der Waals surface area contributed by atoms with Crippen LogP contribution >= 0.6 is 0 Å². The van der Waals surface area contributed by atoms with E-state index in [4.69, 9.17) is 5.73 Å². The Hall–Kier alpha value is -2.30. The SMILES string of the molecule is Nc1ccc(N2CCN(c3ccc(F)cn3)CC2)cc1. The summed E-state index contributed by atoms with van der Waals surface area (Å²) in [6.07, 6.45) is 1.27. The zero-order chi connectivity index (χ0) is 13.9. The van der Waals surface area contributed by atoms with Crippen LogP contribution in [0.3, 0.4) is 0 Å². The van der Waals surface area contributed by atoms with E-state index in [0.717, 1.165) is 37.7 Å². The molecule has 104 valence electrons. The largest absolute Gasteiger partial charge is 0.399 e. The van der Waals surface area contributed by atoms with Gasteiger partial charge in [-0.05, 0) is 36.4 Å². The molecule has 0 radical (unpaired) electrons. The summed E-state index contributed by atoms with van der Waals surface area (Å²) in [7, 11) is 0. The number of hydrogen-bond donors (Lipinski definition) is 1. The third-order valence-electron chi connectivity index (χ3n) is 3.57. The topological polar surface area (TPSA) is 45.4 Å². The first-order chi connectivity index (χ1) is 9.72. The van der Waals surface area contributed by atoms with E-state index >= 15 is 0 Å². The van der Waals surface area contributed by atoms with Crippen molar-refractivity contribution in [1.29, 1.82) is 0 Å². The first kappa shape index (κ1) is 12.7. The van der Waals surface area contributed by atoms with Crippen molar-refractivity contribution >= 4 is 17.2 Å². The predicted molar refractivity (Wildman–Crippen MR) is 79.5 cm³/mol. The summed E-state index contributed by atoms with van der Waals surface area (Å²) in [5, 5.41) is 0. The molecule has 0 unspecified atom stereocenters. The number of nitrogens with two attached hydrogens (primary N) is 1. The number of benzene rings is 1. The highest BCUT2D eigenvalue weighted by atomic mass is 19.1. The molecule has 2 aromatic rings. The Labute approximate surface area is 117 Å². The zero-order valence-corrected chi connectivity index (χ0v) is 11.2. The van der Waals surface area contributed by atoms with Gasteiger partial charge in [0.05, 0.1) is 6.20 Å². The molecule has 2 heterocycles. The molecule has 20 heavy (non-hydrogen) atoms. The number of aromatic nitrogens is 1. The van der Waals surface area contributed by atoms with Gasteiger partial charge >= 0.3 is 0 Å². The number of pyridine rings is 1. The summed E-state index contributed by atoms with van der Waals surface area (Å²) >= 11 is 0. The first-order valence-electron chi connectivity index (χ1n) is 6.69. The van der Waals surface area contributed by atoms with Gasteiger partial charge in [0, 0.05) is 37.6 Å². The lowest BCUT2D eigenvalue weighted by Gasteiger charge is -2.36. The number of halogens is 1. The molecule has 3 rings (SSSR count). The average Bonchev–Trinajstić information content (AvgIpc) is 2.49. The lowest BCUT2D eigenvalue weighted by molar-refractivity contribution is 0.615. The van der Waals surface area contributed by atoms with Crippen LogP contribution in [0.1, 0.15) is 0 Å². The molecule has 5 heteroatoms. The van der Waals surface area contributed by atoms with E-state index in [-0.39, 0.29) is 5.82 Å². The van der Waals surface area contributed by atoms with Gasteiger partial charge in [-0.3, -0.25) is 0 Å². The Morgan fingerprint density at radius 2 is 1.55 bits per heavy atom. The average molecular weight is 272 g/mol. The van der Waals surface area contributed by atoms with E-state index in [1.807, 2.05) is 24.3 Å². The summed E-state index contributed by atoms with van der Waals surface area (Å²) in [6.45, 7) is 3.60. The van der Waals surface area contributed by atoms with Gasteiger partial charge in [-0.2, -0.15) is 0 Å². The fourth-order valence-electron chi connectivity index (χ4n) is 2.43. The van der Waals surface area contributed by atoms with Crippen LogP contribution in [0.15, 0.2) is 42.6 Å². The van der Waals surface area contributed by atoms with Gasteiger partial charge in [-0.25, -0.2) is 9.37 Å². The molecule has 1 fully saturated rings. The number of nitrogens with zero attached hydrogens (tertiary/aromatic N) is 3. The van der Waals surface area contributed by atoms with Crippen molar-refractivity contribution in [3.8, 4) is 0 Å². The van der Waals surface area contributed by atoms with E-state index in [1.54, 1.807) is 6.07 Å². The summed E-state index contributed by atoms with van der Waals surface area (Å²) in [4.78, 5) is 8.62. The Morgan fingerprint density at radius 1 is 0.900 bits per heavy atom. The maximum atomic E-state index is 12.9. The van der Waals surface area contributed by atoms with E-state index in [9.17, 15) is 4.39 Å². The molecular weight excluding hydrogens is 255 g/mol. The van der Waals surface area contributed by atoms with Gasteiger partial charge in [0.15, 0.2) is 0 Å². The maximum Gasteiger partial charge on any atom is 0.141 e. The molecule has 0 saturated carbocycles. The molecule has 0 amide bonds. The molecule has 0 atom stereocenters. The molecule has 2 N–H and O–H groups in total. The molecule has 1 aromatic carbocycles. The monoisotopic (exact) mass is 272 g/mol. The van der Waals surface area contributed by atoms with Crippen LogP contribution in [-0.2, 0) is 0 Å². The second kappa shape index (κ2) is 5.36. The molecule has 1 aliphatic heterocycles. The van der Waals surface area contributed by atoms with Crippen LogP contribution < -0.4 is 15.5 Å². The van der Waals surface area contributed by atoms with Gasteiger partial charge in [-0.1, -0.05) is 0 Å². The fraction of sp³-hybridized carbons (Fsp3) is 0.267. The number of rotatable bonds is 2. The van der Waals surface area contributed by atoms with Crippen LogP contribution in [-0.4, -0.2) is 31.2 Å². The Kier molecular flexibility index (Phi) is 3.41. The smallest absolute Gasteiger partial charge is 0.141 e. The van der Waals surface area contributed by atoms with Crippen molar-refractivity contribution in [2.24, 2.45) is 0 Å². The van der Waals surface area contributed by atoms with Crippen LogP contribution in [0.5, 0.6) is 0 Å². The van der Waals surface area contributed by atoms with Gasteiger partial charge in [-0.15, -0.1) is 0 Å². The van der Waals surface area contributed by atoms with Crippen LogP contribution in [0.2, 0.25) is 0 Å². The molecule has 1 aromatic heterocycles. The summed E-state index contributed by atoms with van der Waals surface area (Å²) in [5.74, 6) is 0.539. The third kappa shape index (κ3) is 2.66. The Bertz CT molecular complexity index is 506. The molecule has 0 aliphatic carbocycles. The molecule has 4 nitrogen and oxygen atoms in total. The van der Waals surface area contributed by atoms with Crippen molar-refractivity contribution in [2.45, 2.75) is 0 Å². The first-order valence-corrected chi connectivity index (χ1v) is 6.69. The highest BCUT2D eigenvalue weighted by molar-refractivity contribution is 5.54. The lowest BCUT2D eigenvalue weighted by Crippen LogP contribution is -2.46. The second-order valence-corrected chi connectivity index (χ2v) is 4.90. The van der Waals surface area contributed by atoms with Crippen molar-refractivity contribution in [3.05, 3.63) is 48.4 Å². The number of nitrogen functional groups attached to an aromatic ring is 1. The van der Waals surface area contributed by atoms with E-state index < -0.39 is 0 Å². The van der Waals surface area contributed by atoms with E-state index in [0.29, 0.717) is 0 Å². The number of piperazine rings is 1. The minimum absolute atomic E-state index is 0.297. The van der Waals surface area contributed by atoms with Gasteiger partial charge in [0.25, 0.3) is 0 Å². The quantitative estimate of drug-likeness (QED) is 0.851. The molecule has 1 saturated heterocycles. The summed E-state index contributed by atoms with van der Waals surface area (Å²) < 4.78 is 12.9. The number of hydrogen-bond acceptors (Lipinski definition) is 4. The minimum atomic E-state index is -0.297. The standard InChI is InChI=1S/C15H17FN4/c16-12-1-6-15(18-11-12)20-9-7-19(8-10-20)14-4-2-13(17)3-5-14/h1-6,11H,7-10,17H2.